The number of amides is 1. The van der Waals surface area contributed by atoms with E-state index in [-0.39, 0.29) is 17.2 Å². The Kier molecular flexibility index (Phi) is 5.52. The predicted molar refractivity (Wildman–Crippen MR) is 115 cm³/mol. The molecule has 1 atom stereocenters. The van der Waals surface area contributed by atoms with Gasteiger partial charge in [-0.25, -0.2) is 9.97 Å². The minimum absolute atomic E-state index is 0.217. The molecular weight excluding hydrogens is 362 g/mol. The van der Waals surface area contributed by atoms with Gasteiger partial charge in [-0.2, -0.15) is 0 Å². The number of aromatic nitrogens is 3. The maximum atomic E-state index is 12.9. The average molecular weight is 394 g/mol. The molecule has 154 valence electrons. The molecule has 0 bridgehead atoms. The van der Waals surface area contributed by atoms with Gasteiger partial charge in [-0.15, -0.1) is 0 Å². The molecular formula is C23H31N5O. The summed E-state index contributed by atoms with van der Waals surface area (Å²) < 4.78 is 0. The highest BCUT2D eigenvalue weighted by Gasteiger charge is 2.33. The van der Waals surface area contributed by atoms with Crippen LogP contribution < -0.4 is 4.90 Å². The number of hydrogen-bond acceptors (Lipinski definition) is 5. The maximum absolute atomic E-state index is 12.9. The number of hydrogen-bond donors (Lipinski definition) is 0. The molecule has 4 rings (SSSR count). The molecule has 2 saturated heterocycles. The summed E-state index contributed by atoms with van der Waals surface area (Å²) in [6.45, 7) is 9.58. The third-order valence-corrected chi connectivity index (χ3v) is 5.90. The molecule has 29 heavy (non-hydrogen) atoms. The Hall–Kier alpha value is -2.50. The van der Waals surface area contributed by atoms with Gasteiger partial charge < -0.3 is 9.80 Å². The number of carbonyl (C=O) groups excluding carboxylic acids is 1. The molecule has 4 heterocycles. The number of nitrogens with zero attached hydrogens (tertiary/aromatic N) is 5. The van der Waals surface area contributed by atoms with E-state index < -0.39 is 0 Å². The zero-order chi connectivity index (χ0) is 20.4. The van der Waals surface area contributed by atoms with Crippen molar-refractivity contribution in [1.82, 2.24) is 19.9 Å². The van der Waals surface area contributed by atoms with Crippen molar-refractivity contribution >= 4 is 11.9 Å². The average Bonchev–Trinajstić information content (AvgIpc) is 3.28. The van der Waals surface area contributed by atoms with Crippen LogP contribution in [0.5, 0.6) is 0 Å². The van der Waals surface area contributed by atoms with E-state index >= 15 is 0 Å². The lowest BCUT2D eigenvalue weighted by atomic mass is 9.88. The Labute approximate surface area is 173 Å². The fourth-order valence-corrected chi connectivity index (χ4v) is 4.37. The Balaban J connectivity index is 1.69. The summed E-state index contributed by atoms with van der Waals surface area (Å²) in [4.78, 5) is 31.2. The van der Waals surface area contributed by atoms with Crippen molar-refractivity contribution in [1.29, 1.82) is 0 Å². The first-order chi connectivity index (χ1) is 13.9. The van der Waals surface area contributed by atoms with Crippen LogP contribution in [0, 0.1) is 5.41 Å². The standard InChI is InChI=1S/C23H31N5O/c1-23(2,3)21(29)28-13-7-9-18(16-28)20-19(17-8-6-10-24-14-17)15-25-22(26-20)27-11-4-5-12-27/h6,8,10,14-15,18H,4-5,7,9,11-13,16H2,1-3H3/t18-/m0/s1. The third kappa shape index (κ3) is 4.26. The molecule has 0 aromatic carbocycles. The van der Waals surface area contributed by atoms with Gasteiger partial charge in [0, 0.05) is 67.2 Å². The minimum Gasteiger partial charge on any atom is -0.342 e. The number of likely N-dealkylation sites (tertiary alicyclic amines) is 1. The van der Waals surface area contributed by atoms with Gasteiger partial charge >= 0.3 is 0 Å². The number of pyridine rings is 1. The summed E-state index contributed by atoms with van der Waals surface area (Å²) in [7, 11) is 0. The molecule has 6 nitrogen and oxygen atoms in total. The molecule has 0 saturated carbocycles. The first-order valence-electron chi connectivity index (χ1n) is 10.7. The minimum atomic E-state index is -0.361. The summed E-state index contributed by atoms with van der Waals surface area (Å²) in [5, 5.41) is 0. The quantitative estimate of drug-likeness (QED) is 0.792. The Morgan fingerprint density at radius 3 is 2.59 bits per heavy atom. The van der Waals surface area contributed by atoms with Crippen LogP contribution in [0.25, 0.3) is 11.1 Å². The highest BCUT2D eigenvalue weighted by molar-refractivity contribution is 5.81. The van der Waals surface area contributed by atoms with Crippen LogP contribution in [-0.4, -0.2) is 51.9 Å². The normalized spacial score (nSPS) is 20.2. The third-order valence-electron chi connectivity index (χ3n) is 5.90. The van der Waals surface area contributed by atoms with Crippen LogP contribution in [-0.2, 0) is 4.79 Å². The maximum Gasteiger partial charge on any atom is 0.227 e. The topological polar surface area (TPSA) is 62.2 Å². The lowest BCUT2D eigenvalue weighted by Crippen LogP contribution is -2.44. The van der Waals surface area contributed by atoms with E-state index in [1.54, 1.807) is 6.20 Å². The van der Waals surface area contributed by atoms with Gasteiger partial charge in [0.2, 0.25) is 11.9 Å². The highest BCUT2D eigenvalue weighted by atomic mass is 16.2. The molecule has 1 amide bonds. The number of anilines is 1. The molecule has 2 aromatic rings. The van der Waals surface area contributed by atoms with Gasteiger partial charge in [0.1, 0.15) is 0 Å². The van der Waals surface area contributed by atoms with Crippen molar-refractivity contribution in [2.75, 3.05) is 31.1 Å². The monoisotopic (exact) mass is 393 g/mol. The molecule has 2 aliphatic heterocycles. The Morgan fingerprint density at radius 2 is 1.90 bits per heavy atom. The van der Waals surface area contributed by atoms with Gasteiger partial charge in [0.15, 0.2) is 0 Å². The van der Waals surface area contributed by atoms with Crippen LogP contribution in [0.4, 0.5) is 5.95 Å². The smallest absolute Gasteiger partial charge is 0.227 e. The van der Waals surface area contributed by atoms with E-state index in [1.807, 2.05) is 44.1 Å². The van der Waals surface area contributed by atoms with E-state index in [9.17, 15) is 4.79 Å². The summed E-state index contributed by atoms with van der Waals surface area (Å²) >= 11 is 0. The van der Waals surface area contributed by atoms with Gasteiger partial charge in [0.05, 0.1) is 5.69 Å². The van der Waals surface area contributed by atoms with Crippen LogP contribution in [0.15, 0.2) is 30.7 Å². The molecule has 0 aliphatic carbocycles. The largest absolute Gasteiger partial charge is 0.342 e. The van der Waals surface area contributed by atoms with Crippen molar-refractivity contribution in [3.05, 3.63) is 36.4 Å². The second kappa shape index (κ2) is 8.09. The first kappa shape index (κ1) is 19.8. The van der Waals surface area contributed by atoms with Gasteiger partial charge in [0.25, 0.3) is 0 Å². The molecule has 2 aromatic heterocycles. The predicted octanol–water partition coefficient (Wildman–Crippen LogP) is 3.89. The second-order valence-electron chi connectivity index (χ2n) is 9.25. The number of rotatable bonds is 3. The number of carbonyl (C=O) groups is 1. The SMILES string of the molecule is CC(C)(C)C(=O)N1CCC[C@H](c2nc(N3CCCC3)ncc2-c2cccnc2)C1. The van der Waals surface area contributed by atoms with Crippen LogP contribution in [0.1, 0.15) is 58.1 Å². The summed E-state index contributed by atoms with van der Waals surface area (Å²) in [6, 6.07) is 4.01. The van der Waals surface area contributed by atoms with Crippen molar-refractivity contribution in [3.8, 4) is 11.1 Å². The molecule has 0 unspecified atom stereocenters. The van der Waals surface area contributed by atoms with Gasteiger partial charge in [-0.05, 0) is 31.7 Å². The molecule has 0 radical (unpaired) electrons. The fourth-order valence-electron chi connectivity index (χ4n) is 4.37. The first-order valence-corrected chi connectivity index (χ1v) is 10.7. The van der Waals surface area contributed by atoms with Crippen molar-refractivity contribution in [2.24, 2.45) is 5.41 Å². The Bertz CT molecular complexity index is 855. The molecule has 2 aliphatic rings. The Morgan fingerprint density at radius 1 is 1.10 bits per heavy atom. The molecule has 6 heteroatoms. The molecule has 0 spiro atoms. The van der Waals surface area contributed by atoms with Crippen molar-refractivity contribution < 1.29 is 4.79 Å². The van der Waals surface area contributed by atoms with E-state index in [2.05, 4.69) is 16.0 Å². The van der Waals surface area contributed by atoms with E-state index in [4.69, 9.17) is 9.97 Å². The van der Waals surface area contributed by atoms with Crippen LogP contribution >= 0.6 is 0 Å². The van der Waals surface area contributed by atoms with Crippen molar-refractivity contribution in [2.45, 2.75) is 52.4 Å². The molecule has 2 fully saturated rings. The van der Waals surface area contributed by atoms with E-state index in [0.717, 1.165) is 61.8 Å². The summed E-state index contributed by atoms with van der Waals surface area (Å²) in [5.41, 5.74) is 2.77. The van der Waals surface area contributed by atoms with E-state index in [0.29, 0.717) is 0 Å². The number of piperidine rings is 1. The lowest BCUT2D eigenvalue weighted by Gasteiger charge is -2.37. The summed E-state index contributed by atoms with van der Waals surface area (Å²) in [6.07, 6.45) is 10.0. The highest BCUT2D eigenvalue weighted by Crippen LogP contribution is 2.35. The second-order valence-corrected chi connectivity index (χ2v) is 9.25. The van der Waals surface area contributed by atoms with Crippen LogP contribution in [0.2, 0.25) is 0 Å². The van der Waals surface area contributed by atoms with Crippen LogP contribution in [0.3, 0.4) is 0 Å². The zero-order valence-electron chi connectivity index (χ0n) is 17.8. The lowest BCUT2D eigenvalue weighted by molar-refractivity contribution is -0.140. The van der Waals surface area contributed by atoms with Gasteiger partial charge in [-0.3, -0.25) is 9.78 Å². The van der Waals surface area contributed by atoms with Crippen molar-refractivity contribution in [3.63, 3.8) is 0 Å². The summed E-state index contributed by atoms with van der Waals surface area (Å²) in [5.74, 6) is 1.26. The van der Waals surface area contributed by atoms with E-state index in [1.165, 1.54) is 12.8 Å². The fraction of sp³-hybridized carbons (Fsp3) is 0.565. The van der Waals surface area contributed by atoms with Gasteiger partial charge in [-0.1, -0.05) is 26.8 Å². The molecule has 0 N–H and O–H groups in total. The zero-order valence-corrected chi connectivity index (χ0v) is 17.8.